The number of benzene rings is 1. The van der Waals surface area contributed by atoms with Crippen molar-refractivity contribution < 1.29 is 14.3 Å². The highest BCUT2D eigenvalue weighted by Crippen LogP contribution is 2.26. The number of ether oxygens (including phenoxy) is 2. The summed E-state index contributed by atoms with van der Waals surface area (Å²) in [5.74, 6) is 2.07. The Morgan fingerprint density at radius 1 is 1.09 bits per heavy atom. The Bertz CT molecular complexity index is 664. The molecule has 6 nitrogen and oxygen atoms in total. The Kier molecular flexibility index (Phi) is 5.81. The first-order valence-electron chi connectivity index (χ1n) is 6.98. The van der Waals surface area contributed by atoms with E-state index in [9.17, 15) is 4.79 Å². The maximum absolute atomic E-state index is 12.1. The lowest BCUT2D eigenvalue weighted by Crippen LogP contribution is -2.14. The number of thioether (sulfide) groups is 1. The largest absolute Gasteiger partial charge is 0.497 e. The predicted octanol–water partition coefficient (Wildman–Crippen LogP) is 2.84. The minimum atomic E-state index is -0.126. The van der Waals surface area contributed by atoms with E-state index in [1.165, 1.54) is 11.8 Å². The molecule has 122 valence electrons. The number of rotatable bonds is 6. The first kappa shape index (κ1) is 17.1. The monoisotopic (exact) mass is 333 g/mol. The van der Waals surface area contributed by atoms with Crippen LogP contribution in [-0.2, 0) is 4.79 Å². The van der Waals surface area contributed by atoms with Gasteiger partial charge >= 0.3 is 0 Å². The molecular weight excluding hydrogens is 314 g/mol. The fraction of sp³-hybridized carbons (Fsp3) is 0.312. The number of aromatic nitrogens is 2. The maximum Gasteiger partial charge on any atom is 0.234 e. The predicted molar refractivity (Wildman–Crippen MR) is 90.4 cm³/mol. The Balaban J connectivity index is 1.99. The number of anilines is 1. The van der Waals surface area contributed by atoms with Gasteiger partial charge in [-0.1, -0.05) is 11.8 Å². The molecule has 0 aliphatic rings. The van der Waals surface area contributed by atoms with Crippen LogP contribution in [0.4, 0.5) is 5.69 Å². The Morgan fingerprint density at radius 2 is 1.74 bits per heavy atom. The first-order valence-corrected chi connectivity index (χ1v) is 7.96. The quantitative estimate of drug-likeness (QED) is 0.647. The van der Waals surface area contributed by atoms with E-state index in [2.05, 4.69) is 15.3 Å². The normalized spacial score (nSPS) is 10.3. The third-order valence-electron chi connectivity index (χ3n) is 2.93. The minimum Gasteiger partial charge on any atom is -0.497 e. The van der Waals surface area contributed by atoms with E-state index in [-0.39, 0.29) is 11.7 Å². The van der Waals surface area contributed by atoms with Gasteiger partial charge in [-0.15, -0.1) is 0 Å². The van der Waals surface area contributed by atoms with Crippen molar-refractivity contribution in [2.75, 3.05) is 25.3 Å². The van der Waals surface area contributed by atoms with Gasteiger partial charge < -0.3 is 14.8 Å². The molecule has 2 aromatic rings. The summed E-state index contributed by atoms with van der Waals surface area (Å²) in [6.45, 7) is 3.74. The molecule has 1 aromatic carbocycles. The van der Waals surface area contributed by atoms with Crippen molar-refractivity contribution in [1.82, 2.24) is 9.97 Å². The second-order valence-electron chi connectivity index (χ2n) is 4.83. The van der Waals surface area contributed by atoms with Crippen molar-refractivity contribution in [3.8, 4) is 11.5 Å². The molecule has 0 aliphatic carbocycles. The third kappa shape index (κ3) is 5.14. The molecule has 1 heterocycles. The van der Waals surface area contributed by atoms with E-state index in [1.54, 1.807) is 32.4 Å². The summed E-state index contributed by atoms with van der Waals surface area (Å²) in [6.07, 6.45) is 0. The molecule has 0 aliphatic heterocycles. The molecule has 0 bridgehead atoms. The van der Waals surface area contributed by atoms with Crippen LogP contribution in [0.5, 0.6) is 11.5 Å². The highest BCUT2D eigenvalue weighted by Gasteiger charge is 2.08. The summed E-state index contributed by atoms with van der Waals surface area (Å²) in [5, 5.41) is 3.61. The number of nitrogens with zero attached hydrogens (tertiary/aromatic N) is 2. The summed E-state index contributed by atoms with van der Waals surface area (Å²) in [5.41, 5.74) is 1.51. The number of carbonyl (C=O) groups is 1. The van der Waals surface area contributed by atoms with Gasteiger partial charge in [0.15, 0.2) is 0 Å². The van der Waals surface area contributed by atoms with Crippen LogP contribution in [0.3, 0.4) is 0 Å². The summed E-state index contributed by atoms with van der Waals surface area (Å²) in [6, 6.07) is 7.09. The zero-order chi connectivity index (χ0) is 16.8. The molecule has 0 spiro atoms. The standard InChI is InChI=1S/C16H19N3O3S/c1-10-5-16(18-11(2)17-10)23-9-15(20)19-12-6-13(21-3)8-14(7-12)22-4/h5-8H,9H2,1-4H3,(H,19,20). The van der Waals surface area contributed by atoms with Crippen molar-refractivity contribution in [3.63, 3.8) is 0 Å². The van der Waals surface area contributed by atoms with Crippen LogP contribution in [0.2, 0.25) is 0 Å². The molecule has 0 unspecified atom stereocenters. The van der Waals surface area contributed by atoms with E-state index in [4.69, 9.17) is 9.47 Å². The molecule has 23 heavy (non-hydrogen) atoms. The van der Waals surface area contributed by atoms with Crippen molar-refractivity contribution in [1.29, 1.82) is 0 Å². The van der Waals surface area contributed by atoms with Crippen LogP contribution in [0, 0.1) is 13.8 Å². The van der Waals surface area contributed by atoms with Crippen molar-refractivity contribution in [2.45, 2.75) is 18.9 Å². The summed E-state index contributed by atoms with van der Waals surface area (Å²) in [4.78, 5) is 20.6. The van der Waals surface area contributed by atoms with Crippen molar-refractivity contribution in [3.05, 3.63) is 35.8 Å². The molecule has 1 amide bonds. The Labute approximate surface area is 139 Å². The molecule has 0 saturated carbocycles. The number of methoxy groups -OCH3 is 2. The first-order chi connectivity index (χ1) is 11.0. The number of amides is 1. The average molecular weight is 333 g/mol. The number of hydrogen-bond acceptors (Lipinski definition) is 6. The van der Waals surface area contributed by atoms with Gasteiger partial charge in [-0.25, -0.2) is 9.97 Å². The molecular formula is C16H19N3O3S. The lowest BCUT2D eigenvalue weighted by Gasteiger charge is -2.10. The highest BCUT2D eigenvalue weighted by atomic mass is 32.2. The number of aryl methyl sites for hydroxylation is 2. The van der Waals surface area contributed by atoms with Gasteiger partial charge in [0, 0.05) is 29.6 Å². The van der Waals surface area contributed by atoms with Gasteiger partial charge in [0.05, 0.1) is 20.0 Å². The van der Waals surface area contributed by atoms with E-state index in [0.717, 1.165) is 10.7 Å². The SMILES string of the molecule is COc1cc(NC(=O)CSc2cc(C)nc(C)n2)cc(OC)c1. The minimum absolute atomic E-state index is 0.126. The van der Waals surface area contributed by atoms with Gasteiger partial charge in [0.2, 0.25) is 5.91 Å². The number of nitrogens with one attached hydrogen (secondary N) is 1. The lowest BCUT2D eigenvalue weighted by molar-refractivity contribution is -0.113. The van der Waals surface area contributed by atoms with Crippen LogP contribution in [0.15, 0.2) is 29.3 Å². The highest BCUT2D eigenvalue weighted by molar-refractivity contribution is 7.99. The van der Waals surface area contributed by atoms with Crippen LogP contribution in [0.25, 0.3) is 0 Å². The molecule has 0 atom stereocenters. The molecule has 1 N–H and O–H groups in total. The van der Waals surface area contributed by atoms with Gasteiger partial charge in [-0.2, -0.15) is 0 Å². The second-order valence-corrected chi connectivity index (χ2v) is 5.83. The Hall–Kier alpha value is -2.28. The topological polar surface area (TPSA) is 73.3 Å². The Morgan fingerprint density at radius 3 is 2.30 bits per heavy atom. The van der Waals surface area contributed by atoms with Crippen molar-refractivity contribution in [2.24, 2.45) is 0 Å². The average Bonchev–Trinajstić information content (AvgIpc) is 2.51. The fourth-order valence-corrected chi connectivity index (χ4v) is 2.77. The molecule has 0 fully saturated rings. The molecule has 7 heteroatoms. The van der Waals surface area contributed by atoms with Crippen molar-refractivity contribution >= 4 is 23.4 Å². The van der Waals surface area contributed by atoms with E-state index < -0.39 is 0 Å². The maximum atomic E-state index is 12.1. The molecule has 1 aromatic heterocycles. The summed E-state index contributed by atoms with van der Waals surface area (Å²) in [7, 11) is 3.13. The van der Waals surface area contributed by atoms with E-state index in [1.807, 2.05) is 19.9 Å². The molecule has 2 rings (SSSR count). The van der Waals surface area contributed by atoms with E-state index >= 15 is 0 Å². The van der Waals surface area contributed by atoms with Gasteiger partial charge in [0.25, 0.3) is 0 Å². The number of carbonyl (C=O) groups excluding carboxylic acids is 1. The fourth-order valence-electron chi connectivity index (χ4n) is 1.97. The van der Waals surface area contributed by atoms with Crippen LogP contribution in [-0.4, -0.2) is 35.8 Å². The smallest absolute Gasteiger partial charge is 0.234 e. The van der Waals surface area contributed by atoms with Crippen LogP contribution >= 0.6 is 11.8 Å². The molecule has 0 saturated heterocycles. The number of hydrogen-bond donors (Lipinski definition) is 1. The van der Waals surface area contributed by atoms with Gasteiger partial charge in [0.1, 0.15) is 22.3 Å². The van der Waals surface area contributed by atoms with Crippen LogP contribution < -0.4 is 14.8 Å². The summed E-state index contributed by atoms with van der Waals surface area (Å²) >= 11 is 1.37. The van der Waals surface area contributed by atoms with E-state index in [0.29, 0.717) is 23.0 Å². The van der Waals surface area contributed by atoms with Crippen LogP contribution in [0.1, 0.15) is 11.5 Å². The van der Waals surface area contributed by atoms with Gasteiger partial charge in [-0.05, 0) is 19.9 Å². The zero-order valence-electron chi connectivity index (χ0n) is 13.5. The summed E-state index contributed by atoms with van der Waals surface area (Å²) < 4.78 is 10.4. The second kappa shape index (κ2) is 7.82. The lowest BCUT2D eigenvalue weighted by atomic mass is 10.2. The van der Waals surface area contributed by atoms with Gasteiger partial charge in [-0.3, -0.25) is 4.79 Å². The third-order valence-corrected chi connectivity index (χ3v) is 3.84. The zero-order valence-corrected chi connectivity index (χ0v) is 14.4. The molecule has 0 radical (unpaired) electrons.